The number of nitrogens with one attached hydrogen (secondary N) is 2. The molecule has 0 unspecified atom stereocenters. The minimum Gasteiger partial charge on any atom is -0.462 e. The Morgan fingerprint density at radius 3 is 2.53 bits per heavy atom. The van der Waals surface area contributed by atoms with Gasteiger partial charge in [0, 0.05) is 0 Å². The maximum Gasteiger partial charge on any atom is 0.338 e. The molecular formula is C9H12N2O4. The van der Waals surface area contributed by atoms with Crippen LogP contribution in [0.4, 0.5) is 11.4 Å². The highest BCUT2D eigenvalue weighted by molar-refractivity contribution is 5.92. The molecule has 6 nitrogen and oxygen atoms in total. The number of carbonyl (C=O) groups excluding carboxylic acids is 1. The first-order chi connectivity index (χ1) is 7.22. The number of hydrogen-bond acceptors (Lipinski definition) is 6. The van der Waals surface area contributed by atoms with Crippen molar-refractivity contribution in [2.24, 2.45) is 0 Å². The predicted molar refractivity (Wildman–Crippen MR) is 53.2 cm³/mol. The monoisotopic (exact) mass is 212 g/mol. The molecule has 0 amide bonds. The molecule has 0 atom stereocenters. The normalized spacial score (nSPS) is 9.53. The van der Waals surface area contributed by atoms with Crippen LogP contribution < -0.4 is 11.0 Å². The molecule has 0 bridgehead atoms. The maximum absolute atomic E-state index is 11.3. The van der Waals surface area contributed by atoms with Gasteiger partial charge in [-0.15, -0.1) is 0 Å². The number of anilines is 2. The Labute approximate surface area is 86.4 Å². The molecule has 0 fully saturated rings. The number of rotatable bonds is 4. The minimum atomic E-state index is -0.488. The molecule has 0 saturated carbocycles. The fourth-order valence-electron chi connectivity index (χ4n) is 1.08. The average Bonchev–Trinajstić information content (AvgIpc) is 2.28. The van der Waals surface area contributed by atoms with Crippen molar-refractivity contribution in [2.45, 2.75) is 6.92 Å². The van der Waals surface area contributed by atoms with Gasteiger partial charge < -0.3 is 4.74 Å². The third-order valence-electron chi connectivity index (χ3n) is 1.77. The topological polar surface area (TPSA) is 90.8 Å². The Hall–Kier alpha value is -1.79. The van der Waals surface area contributed by atoms with Crippen LogP contribution in [0.2, 0.25) is 0 Å². The van der Waals surface area contributed by atoms with Gasteiger partial charge >= 0.3 is 5.97 Å². The van der Waals surface area contributed by atoms with Crippen molar-refractivity contribution >= 4 is 17.3 Å². The molecule has 0 radical (unpaired) electrons. The summed E-state index contributed by atoms with van der Waals surface area (Å²) >= 11 is 0. The number of esters is 1. The van der Waals surface area contributed by atoms with E-state index in [0.29, 0.717) is 0 Å². The molecule has 0 saturated heterocycles. The van der Waals surface area contributed by atoms with Crippen LogP contribution in [0.25, 0.3) is 0 Å². The third-order valence-corrected chi connectivity index (χ3v) is 1.77. The molecule has 0 aliphatic rings. The summed E-state index contributed by atoms with van der Waals surface area (Å²) in [5.74, 6) is -0.488. The second kappa shape index (κ2) is 5.18. The van der Waals surface area contributed by atoms with Crippen molar-refractivity contribution in [3.05, 3.63) is 23.8 Å². The van der Waals surface area contributed by atoms with E-state index in [0.717, 1.165) is 0 Å². The van der Waals surface area contributed by atoms with E-state index >= 15 is 0 Å². The second-order valence-electron chi connectivity index (χ2n) is 2.70. The van der Waals surface area contributed by atoms with E-state index in [4.69, 9.17) is 15.2 Å². The van der Waals surface area contributed by atoms with Crippen molar-refractivity contribution < 1.29 is 19.9 Å². The van der Waals surface area contributed by atoms with E-state index in [2.05, 4.69) is 0 Å². The highest BCUT2D eigenvalue weighted by Gasteiger charge is 2.09. The SMILES string of the molecule is CCOC(=O)c1ccc(NO)c(NO)c1. The second-order valence-corrected chi connectivity index (χ2v) is 2.70. The molecule has 82 valence electrons. The maximum atomic E-state index is 11.3. The Morgan fingerprint density at radius 1 is 1.33 bits per heavy atom. The minimum absolute atomic E-state index is 0.183. The number of ether oxygens (including phenoxy) is 1. The molecule has 15 heavy (non-hydrogen) atoms. The lowest BCUT2D eigenvalue weighted by Gasteiger charge is -2.08. The summed E-state index contributed by atoms with van der Waals surface area (Å²) in [5, 5.41) is 17.4. The molecular weight excluding hydrogens is 200 g/mol. The van der Waals surface area contributed by atoms with Gasteiger partial charge in [-0.3, -0.25) is 21.4 Å². The molecule has 1 aromatic carbocycles. The zero-order valence-corrected chi connectivity index (χ0v) is 8.15. The summed E-state index contributed by atoms with van der Waals surface area (Å²) in [4.78, 5) is 11.3. The van der Waals surface area contributed by atoms with Gasteiger partial charge in [0.15, 0.2) is 0 Å². The zero-order chi connectivity index (χ0) is 11.3. The quantitative estimate of drug-likeness (QED) is 0.446. The Kier molecular flexibility index (Phi) is 3.90. The van der Waals surface area contributed by atoms with Gasteiger partial charge in [0.2, 0.25) is 0 Å². The van der Waals surface area contributed by atoms with Gasteiger partial charge in [-0.05, 0) is 25.1 Å². The van der Waals surface area contributed by atoms with Gasteiger partial charge in [-0.2, -0.15) is 0 Å². The first-order valence-electron chi connectivity index (χ1n) is 4.34. The molecule has 0 aliphatic carbocycles. The van der Waals surface area contributed by atoms with E-state index in [9.17, 15) is 4.79 Å². The number of benzene rings is 1. The van der Waals surface area contributed by atoms with Crippen molar-refractivity contribution in [3.63, 3.8) is 0 Å². The van der Waals surface area contributed by atoms with Crippen molar-refractivity contribution in [1.29, 1.82) is 0 Å². The lowest BCUT2D eigenvalue weighted by atomic mass is 10.2. The lowest BCUT2D eigenvalue weighted by molar-refractivity contribution is 0.0526. The molecule has 6 heteroatoms. The third kappa shape index (κ3) is 2.58. The van der Waals surface area contributed by atoms with Crippen LogP contribution in [-0.2, 0) is 4.74 Å². The fraction of sp³-hybridized carbons (Fsp3) is 0.222. The van der Waals surface area contributed by atoms with E-state index in [1.165, 1.54) is 18.2 Å². The first kappa shape index (κ1) is 11.3. The van der Waals surface area contributed by atoms with E-state index in [-0.39, 0.29) is 23.5 Å². The summed E-state index contributed by atoms with van der Waals surface area (Å²) in [6.07, 6.45) is 0. The summed E-state index contributed by atoms with van der Waals surface area (Å²) in [5.41, 5.74) is 4.45. The highest BCUT2D eigenvalue weighted by atomic mass is 16.5. The van der Waals surface area contributed by atoms with Crippen LogP contribution in [0.15, 0.2) is 18.2 Å². The van der Waals surface area contributed by atoms with Crippen molar-refractivity contribution in [2.75, 3.05) is 17.6 Å². The first-order valence-corrected chi connectivity index (χ1v) is 4.34. The van der Waals surface area contributed by atoms with E-state index in [1.807, 2.05) is 11.0 Å². The summed E-state index contributed by atoms with van der Waals surface area (Å²) in [7, 11) is 0. The van der Waals surface area contributed by atoms with Gasteiger partial charge in [0.1, 0.15) is 0 Å². The molecule has 0 heterocycles. The molecule has 1 rings (SSSR count). The van der Waals surface area contributed by atoms with Crippen LogP contribution in [0.1, 0.15) is 17.3 Å². The number of carbonyl (C=O) groups is 1. The molecule has 0 spiro atoms. The zero-order valence-electron chi connectivity index (χ0n) is 8.15. The van der Waals surface area contributed by atoms with E-state index in [1.54, 1.807) is 6.92 Å². The molecule has 0 aromatic heterocycles. The van der Waals surface area contributed by atoms with Crippen molar-refractivity contribution in [1.82, 2.24) is 0 Å². The Balaban J connectivity index is 2.97. The van der Waals surface area contributed by atoms with Gasteiger partial charge in [0.05, 0.1) is 23.5 Å². The molecule has 1 aromatic rings. The van der Waals surface area contributed by atoms with Gasteiger partial charge in [-0.25, -0.2) is 4.79 Å². The fourth-order valence-corrected chi connectivity index (χ4v) is 1.08. The molecule has 0 aliphatic heterocycles. The van der Waals surface area contributed by atoms with Crippen molar-refractivity contribution in [3.8, 4) is 0 Å². The van der Waals surface area contributed by atoms with Crippen LogP contribution in [0, 0.1) is 0 Å². The Bertz CT molecular complexity index is 354. The lowest BCUT2D eigenvalue weighted by Crippen LogP contribution is -2.06. The van der Waals surface area contributed by atoms with Crippen LogP contribution >= 0.6 is 0 Å². The smallest absolute Gasteiger partial charge is 0.338 e. The average molecular weight is 212 g/mol. The highest BCUT2D eigenvalue weighted by Crippen LogP contribution is 2.22. The van der Waals surface area contributed by atoms with Crippen LogP contribution in [0.3, 0.4) is 0 Å². The van der Waals surface area contributed by atoms with E-state index < -0.39 is 5.97 Å². The van der Waals surface area contributed by atoms with Crippen LogP contribution in [-0.4, -0.2) is 23.0 Å². The standard InChI is InChI=1S/C9H12N2O4/c1-2-15-9(12)6-3-4-7(10-13)8(5-6)11-14/h3-5,10-11,13-14H,2H2,1H3. The summed E-state index contributed by atoms with van der Waals surface area (Å²) in [6.45, 7) is 1.98. The summed E-state index contributed by atoms with van der Waals surface area (Å²) in [6, 6.07) is 4.26. The number of hydrogen-bond donors (Lipinski definition) is 4. The van der Waals surface area contributed by atoms with Gasteiger partial charge in [0.25, 0.3) is 0 Å². The largest absolute Gasteiger partial charge is 0.462 e. The molecule has 4 N–H and O–H groups in total. The van der Waals surface area contributed by atoms with Crippen LogP contribution in [0.5, 0.6) is 0 Å². The Morgan fingerprint density at radius 2 is 2.00 bits per heavy atom. The predicted octanol–water partition coefficient (Wildman–Crippen LogP) is 1.47. The van der Waals surface area contributed by atoms with Gasteiger partial charge in [-0.1, -0.05) is 0 Å². The summed E-state index contributed by atoms with van der Waals surface area (Å²) < 4.78 is 4.77.